The molecule has 0 aliphatic heterocycles. The maximum atomic E-state index is 11.4. The van der Waals surface area contributed by atoms with Gasteiger partial charge in [-0.2, -0.15) is 0 Å². The zero-order valence-corrected chi connectivity index (χ0v) is 18.2. The fourth-order valence-corrected chi connectivity index (χ4v) is 3.93. The van der Waals surface area contributed by atoms with Crippen molar-refractivity contribution in [1.82, 2.24) is 9.55 Å². The molecular weight excluding hydrogens is 400 g/mol. The first-order valence-electron chi connectivity index (χ1n) is 10.6. The van der Waals surface area contributed by atoms with Crippen LogP contribution in [0, 0.1) is 6.92 Å². The van der Waals surface area contributed by atoms with Gasteiger partial charge in [-0.15, -0.1) is 0 Å². The van der Waals surface area contributed by atoms with Gasteiger partial charge in [-0.25, -0.2) is 4.98 Å². The number of hydrogen-bond donors (Lipinski definition) is 1. The molecule has 4 rings (SSSR count). The Morgan fingerprint density at radius 1 is 1.06 bits per heavy atom. The maximum Gasteiger partial charge on any atom is 0.304 e. The summed E-state index contributed by atoms with van der Waals surface area (Å²) >= 11 is 0. The molecule has 0 amide bonds. The predicted octanol–water partition coefficient (Wildman–Crippen LogP) is 5.58. The third-order valence-electron chi connectivity index (χ3n) is 5.62. The molecule has 0 aliphatic carbocycles. The van der Waals surface area contributed by atoms with Crippen LogP contribution in [0.2, 0.25) is 0 Å². The van der Waals surface area contributed by atoms with Gasteiger partial charge in [0.15, 0.2) is 0 Å². The van der Waals surface area contributed by atoms with Crippen molar-refractivity contribution in [3.8, 4) is 16.9 Å². The lowest BCUT2D eigenvalue weighted by Crippen LogP contribution is -2.12. The molecule has 0 bridgehead atoms. The third-order valence-corrected chi connectivity index (χ3v) is 5.62. The number of nitrogens with zero attached hydrogens (tertiary/aromatic N) is 2. The van der Waals surface area contributed by atoms with Crippen molar-refractivity contribution < 1.29 is 14.6 Å². The van der Waals surface area contributed by atoms with E-state index in [4.69, 9.17) is 4.74 Å². The molecule has 0 saturated heterocycles. The molecule has 162 valence electrons. The second kappa shape index (κ2) is 9.52. The predicted molar refractivity (Wildman–Crippen MR) is 125 cm³/mol. The van der Waals surface area contributed by atoms with Gasteiger partial charge in [0.25, 0.3) is 0 Å². The summed E-state index contributed by atoms with van der Waals surface area (Å²) in [5.41, 5.74) is 5.62. The monoisotopic (exact) mass is 426 g/mol. The zero-order chi connectivity index (χ0) is 22.5. The number of carboxylic acid groups (broad SMARTS) is 1. The van der Waals surface area contributed by atoms with Crippen LogP contribution in [0.1, 0.15) is 34.9 Å². The molecule has 0 fully saturated rings. The molecular formula is C27H26N2O3. The van der Waals surface area contributed by atoms with Gasteiger partial charge < -0.3 is 14.4 Å². The van der Waals surface area contributed by atoms with Gasteiger partial charge in [-0.05, 0) is 52.9 Å². The molecule has 1 atom stereocenters. The number of hydrogen-bond acceptors (Lipinski definition) is 3. The van der Waals surface area contributed by atoms with Crippen LogP contribution in [0.3, 0.4) is 0 Å². The van der Waals surface area contributed by atoms with Crippen LogP contribution in [-0.2, 0) is 18.4 Å². The van der Waals surface area contributed by atoms with Crippen molar-refractivity contribution in [3.05, 3.63) is 108 Å². The van der Waals surface area contributed by atoms with Crippen LogP contribution < -0.4 is 4.74 Å². The van der Waals surface area contributed by atoms with E-state index in [1.165, 1.54) is 16.7 Å². The van der Waals surface area contributed by atoms with E-state index >= 15 is 0 Å². The van der Waals surface area contributed by atoms with Crippen molar-refractivity contribution in [2.75, 3.05) is 0 Å². The third kappa shape index (κ3) is 4.89. The Hall–Kier alpha value is -3.86. The van der Waals surface area contributed by atoms with Crippen molar-refractivity contribution in [1.29, 1.82) is 0 Å². The fraction of sp³-hybridized carbons (Fsp3) is 0.185. The Labute approximate surface area is 188 Å². The fourth-order valence-electron chi connectivity index (χ4n) is 3.93. The summed E-state index contributed by atoms with van der Waals surface area (Å²) in [6.07, 6.45) is 3.50. The first-order valence-corrected chi connectivity index (χ1v) is 10.6. The Kier molecular flexibility index (Phi) is 6.36. The van der Waals surface area contributed by atoms with Gasteiger partial charge in [-0.1, -0.05) is 54.6 Å². The van der Waals surface area contributed by atoms with Crippen LogP contribution in [0.5, 0.6) is 5.75 Å². The van der Waals surface area contributed by atoms with Crippen molar-refractivity contribution in [2.45, 2.75) is 25.9 Å². The highest BCUT2D eigenvalue weighted by atomic mass is 16.5. The smallest absolute Gasteiger partial charge is 0.304 e. The number of benzene rings is 3. The molecule has 4 aromatic rings. The molecule has 0 aliphatic rings. The number of aryl methyl sites for hydroxylation is 2. The Morgan fingerprint density at radius 3 is 2.53 bits per heavy atom. The Balaban J connectivity index is 1.47. The molecule has 1 heterocycles. The molecule has 5 nitrogen and oxygen atoms in total. The highest BCUT2D eigenvalue weighted by Crippen LogP contribution is 2.29. The van der Waals surface area contributed by atoms with Gasteiger partial charge in [0.1, 0.15) is 18.2 Å². The van der Waals surface area contributed by atoms with E-state index in [2.05, 4.69) is 48.3 Å². The highest BCUT2D eigenvalue weighted by molar-refractivity contribution is 5.69. The second-order valence-corrected chi connectivity index (χ2v) is 7.92. The Bertz CT molecular complexity index is 1210. The number of aliphatic carboxylic acids is 1. The molecule has 1 aromatic heterocycles. The van der Waals surface area contributed by atoms with Gasteiger partial charge in [0.2, 0.25) is 0 Å². The minimum atomic E-state index is -0.855. The number of aromatic nitrogens is 2. The summed E-state index contributed by atoms with van der Waals surface area (Å²) in [5, 5.41) is 9.36. The highest BCUT2D eigenvalue weighted by Gasteiger charge is 2.21. The number of rotatable bonds is 8. The van der Waals surface area contributed by atoms with Crippen molar-refractivity contribution >= 4 is 5.97 Å². The molecule has 0 radical (unpaired) electrons. The lowest BCUT2D eigenvalue weighted by molar-refractivity contribution is -0.137. The summed E-state index contributed by atoms with van der Waals surface area (Å²) in [4.78, 5) is 15.8. The van der Waals surface area contributed by atoms with E-state index < -0.39 is 5.97 Å². The number of imidazole rings is 1. The Morgan fingerprint density at radius 2 is 1.84 bits per heavy atom. The summed E-state index contributed by atoms with van der Waals surface area (Å²) in [6, 6.07) is 24.3. The van der Waals surface area contributed by atoms with Crippen LogP contribution in [0.4, 0.5) is 0 Å². The first-order chi connectivity index (χ1) is 15.5. The van der Waals surface area contributed by atoms with Crippen molar-refractivity contribution in [3.63, 3.8) is 0 Å². The van der Waals surface area contributed by atoms with Gasteiger partial charge in [-0.3, -0.25) is 4.79 Å². The van der Waals surface area contributed by atoms with Crippen LogP contribution in [-0.4, -0.2) is 20.6 Å². The summed E-state index contributed by atoms with van der Waals surface area (Å²) in [7, 11) is 1.87. The lowest BCUT2D eigenvalue weighted by Gasteiger charge is -2.16. The largest absolute Gasteiger partial charge is 0.489 e. The maximum absolute atomic E-state index is 11.4. The topological polar surface area (TPSA) is 64.3 Å². The molecule has 1 N–H and O–H groups in total. The zero-order valence-electron chi connectivity index (χ0n) is 18.2. The summed E-state index contributed by atoms with van der Waals surface area (Å²) < 4.78 is 7.87. The molecule has 5 heteroatoms. The standard InChI is InChI=1S/C27H26N2O3/c1-19-6-3-4-9-24(19)22-8-5-7-20(16-22)18-32-23-12-10-21(11-13-23)25(17-26(30)31)27-28-14-15-29(27)2/h3-16,25H,17-18H2,1-2H3,(H,30,31)/t25-/m0/s1. The minimum Gasteiger partial charge on any atom is -0.489 e. The van der Waals surface area contributed by atoms with Crippen LogP contribution in [0.25, 0.3) is 11.1 Å². The SMILES string of the molecule is Cc1ccccc1-c1cccc(COc2ccc([C@H](CC(=O)O)c3nccn3C)cc2)c1. The van der Waals surface area contributed by atoms with E-state index in [9.17, 15) is 9.90 Å². The molecule has 0 spiro atoms. The van der Waals surface area contributed by atoms with E-state index in [0.29, 0.717) is 6.61 Å². The van der Waals surface area contributed by atoms with Crippen LogP contribution in [0.15, 0.2) is 85.2 Å². The van der Waals surface area contributed by atoms with Crippen molar-refractivity contribution in [2.24, 2.45) is 7.05 Å². The quantitative estimate of drug-likeness (QED) is 0.399. The lowest BCUT2D eigenvalue weighted by atomic mass is 9.94. The summed E-state index contributed by atoms with van der Waals surface area (Å²) in [6.45, 7) is 2.57. The molecule has 32 heavy (non-hydrogen) atoms. The number of carboxylic acids is 1. The minimum absolute atomic E-state index is 0.0171. The molecule has 0 saturated carbocycles. The molecule has 3 aromatic carbocycles. The normalized spacial score (nSPS) is 11.8. The van der Waals surface area contributed by atoms with Gasteiger partial charge >= 0.3 is 5.97 Å². The van der Waals surface area contributed by atoms with E-state index in [-0.39, 0.29) is 12.3 Å². The first kappa shape index (κ1) is 21.4. The van der Waals surface area contributed by atoms with E-state index in [1.54, 1.807) is 6.20 Å². The average Bonchev–Trinajstić information content (AvgIpc) is 3.22. The van der Waals surface area contributed by atoms with E-state index in [0.717, 1.165) is 22.7 Å². The number of carbonyl (C=O) groups is 1. The second-order valence-electron chi connectivity index (χ2n) is 7.92. The van der Waals surface area contributed by atoms with Gasteiger partial charge in [0.05, 0.1) is 12.3 Å². The van der Waals surface area contributed by atoms with E-state index in [1.807, 2.05) is 54.2 Å². The van der Waals surface area contributed by atoms with Crippen LogP contribution >= 0.6 is 0 Å². The average molecular weight is 427 g/mol. The van der Waals surface area contributed by atoms with Gasteiger partial charge in [0, 0.05) is 19.4 Å². The summed E-state index contributed by atoms with van der Waals surface area (Å²) in [5.74, 6) is 0.303. The molecule has 0 unspecified atom stereocenters. The number of ether oxygens (including phenoxy) is 1.